The maximum Gasteiger partial charge on any atom is 0.230 e. The van der Waals surface area contributed by atoms with Crippen molar-refractivity contribution in [3.63, 3.8) is 0 Å². The summed E-state index contributed by atoms with van der Waals surface area (Å²) in [5.74, 6) is 1.28. The van der Waals surface area contributed by atoms with Gasteiger partial charge in [0.05, 0.1) is 4.88 Å². The van der Waals surface area contributed by atoms with Crippen molar-refractivity contribution in [3.8, 4) is 10.6 Å². The topological polar surface area (TPSA) is 49.3 Å². The second-order valence-corrected chi connectivity index (χ2v) is 8.33. The molecule has 2 aromatic heterocycles. The molecule has 0 saturated carbocycles. The molecule has 0 unspecified atom stereocenters. The second kappa shape index (κ2) is 7.36. The number of rotatable bonds is 3. The van der Waals surface area contributed by atoms with Crippen LogP contribution < -0.4 is 9.80 Å². The van der Waals surface area contributed by atoms with Crippen LogP contribution in [0.25, 0.3) is 10.6 Å². The third-order valence-corrected chi connectivity index (χ3v) is 6.64. The number of amides is 1. The fourth-order valence-corrected chi connectivity index (χ4v) is 4.88. The molecule has 0 bridgehead atoms. The molecule has 1 fully saturated rings. The number of hydrogen-bond donors (Lipinski definition) is 0. The van der Waals surface area contributed by atoms with Crippen molar-refractivity contribution in [2.45, 2.75) is 19.3 Å². The molecule has 6 heteroatoms. The number of carbonyl (C=O) groups excluding carboxylic acids is 1. The molecular formula is C22H22N4OS. The first kappa shape index (κ1) is 17.4. The molecule has 0 spiro atoms. The van der Waals surface area contributed by atoms with Crippen LogP contribution >= 0.6 is 11.3 Å². The van der Waals surface area contributed by atoms with Crippen LogP contribution in [0.5, 0.6) is 0 Å². The van der Waals surface area contributed by atoms with Crippen LogP contribution in [0.3, 0.4) is 0 Å². The van der Waals surface area contributed by atoms with Crippen LogP contribution in [0.4, 0.5) is 11.5 Å². The maximum atomic E-state index is 13.1. The van der Waals surface area contributed by atoms with E-state index in [-0.39, 0.29) is 11.8 Å². The molecular weight excluding hydrogens is 368 g/mol. The van der Waals surface area contributed by atoms with Crippen LogP contribution in [0, 0.1) is 5.92 Å². The van der Waals surface area contributed by atoms with Gasteiger partial charge in [0.1, 0.15) is 5.69 Å². The predicted octanol–water partition coefficient (Wildman–Crippen LogP) is 4.01. The van der Waals surface area contributed by atoms with E-state index in [1.54, 1.807) is 11.3 Å². The summed E-state index contributed by atoms with van der Waals surface area (Å²) in [6, 6.07) is 16.4. The van der Waals surface area contributed by atoms with Crippen LogP contribution in [0.1, 0.15) is 18.4 Å². The largest absolute Gasteiger partial charge is 0.355 e. The van der Waals surface area contributed by atoms with E-state index in [9.17, 15) is 4.79 Å². The smallest absolute Gasteiger partial charge is 0.230 e. The highest BCUT2D eigenvalue weighted by atomic mass is 32.1. The van der Waals surface area contributed by atoms with E-state index in [4.69, 9.17) is 0 Å². The molecule has 0 atom stereocenters. The summed E-state index contributed by atoms with van der Waals surface area (Å²) in [4.78, 5) is 18.4. The molecule has 1 amide bonds. The lowest BCUT2D eigenvalue weighted by Gasteiger charge is -2.33. The number of para-hydroxylation sites is 1. The molecule has 1 saturated heterocycles. The molecule has 1 aromatic carbocycles. The van der Waals surface area contributed by atoms with E-state index in [0.29, 0.717) is 0 Å². The number of aromatic nitrogens is 2. The van der Waals surface area contributed by atoms with Crippen LogP contribution in [-0.4, -0.2) is 35.7 Å². The zero-order valence-corrected chi connectivity index (χ0v) is 16.4. The number of carbonyl (C=O) groups is 1. The minimum Gasteiger partial charge on any atom is -0.355 e. The molecule has 2 aliphatic rings. The highest BCUT2D eigenvalue weighted by molar-refractivity contribution is 7.13. The Hall–Kier alpha value is -2.73. The van der Waals surface area contributed by atoms with Gasteiger partial charge in [-0.05, 0) is 54.5 Å². The van der Waals surface area contributed by atoms with Gasteiger partial charge >= 0.3 is 0 Å². The molecule has 5 rings (SSSR count). The maximum absolute atomic E-state index is 13.1. The summed E-state index contributed by atoms with van der Waals surface area (Å²) < 4.78 is 0. The first-order chi connectivity index (χ1) is 13.8. The minimum atomic E-state index is 0.0979. The summed E-state index contributed by atoms with van der Waals surface area (Å²) in [5, 5.41) is 10.9. The van der Waals surface area contributed by atoms with Crippen molar-refractivity contribution in [2.24, 2.45) is 5.92 Å². The molecule has 5 nitrogen and oxygen atoms in total. The SMILES string of the molecule is O=C(C1CCN(c2ccc(-c3cccs3)nn2)CC1)N1CCc2ccccc21. The van der Waals surface area contributed by atoms with Crippen molar-refractivity contribution in [1.29, 1.82) is 0 Å². The first-order valence-electron chi connectivity index (χ1n) is 9.81. The number of thiophene rings is 1. The van der Waals surface area contributed by atoms with Crippen LogP contribution in [-0.2, 0) is 11.2 Å². The molecule has 0 radical (unpaired) electrons. The zero-order chi connectivity index (χ0) is 18.9. The van der Waals surface area contributed by atoms with Gasteiger partial charge in [0.15, 0.2) is 5.82 Å². The fraction of sp³-hybridized carbons (Fsp3) is 0.318. The molecule has 2 aliphatic heterocycles. The summed E-state index contributed by atoms with van der Waals surface area (Å²) in [5.41, 5.74) is 3.30. The lowest BCUT2D eigenvalue weighted by atomic mass is 9.95. The Morgan fingerprint density at radius 3 is 2.57 bits per heavy atom. The Morgan fingerprint density at radius 2 is 1.82 bits per heavy atom. The molecule has 142 valence electrons. The number of benzene rings is 1. The Bertz CT molecular complexity index is 962. The predicted molar refractivity (Wildman–Crippen MR) is 113 cm³/mol. The second-order valence-electron chi connectivity index (χ2n) is 7.38. The Balaban J connectivity index is 1.22. The molecule has 28 heavy (non-hydrogen) atoms. The van der Waals surface area contributed by atoms with Gasteiger partial charge in [-0.3, -0.25) is 4.79 Å². The van der Waals surface area contributed by atoms with Gasteiger partial charge in [-0.25, -0.2) is 0 Å². The van der Waals surface area contributed by atoms with Gasteiger partial charge in [-0.1, -0.05) is 24.3 Å². The monoisotopic (exact) mass is 390 g/mol. The molecule has 4 heterocycles. The number of fused-ring (bicyclic) bond motifs is 1. The van der Waals surface area contributed by atoms with Gasteiger partial charge in [0.25, 0.3) is 0 Å². The highest BCUT2D eigenvalue weighted by Crippen LogP contribution is 2.32. The molecule has 0 aliphatic carbocycles. The van der Waals surface area contributed by atoms with Crippen molar-refractivity contribution >= 4 is 28.7 Å². The molecule has 0 N–H and O–H groups in total. The van der Waals surface area contributed by atoms with Gasteiger partial charge < -0.3 is 9.80 Å². The van der Waals surface area contributed by atoms with Crippen molar-refractivity contribution in [2.75, 3.05) is 29.4 Å². The zero-order valence-electron chi connectivity index (χ0n) is 15.6. The van der Waals surface area contributed by atoms with Gasteiger partial charge in [0, 0.05) is 31.2 Å². The van der Waals surface area contributed by atoms with Crippen LogP contribution in [0.2, 0.25) is 0 Å². The Labute approximate surface area is 168 Å². The van der Waals surface area contributed by atoms with Crippen molar-refractivity contribution in [3.05, 3.63) is 59.5 Å². The summed E-state index contributed by atoms with van der Waals surface area (Å²) in [6.45, 7) is 2.51. The average molecular weight is 391 g/mol. The lowest BCUT2D eigenvalue weighted by Crippen LogP contribution is -2.42. The summed E-state index contributed by atoms with van der Waals surface area (Å²) in [7, 11) is 0. The summed E-state index contributed by atoms with van der Waals surface area (Å²) >= 11 is 1.67. The third-order valence-electron chi connectivity index (χ3n) is 5.75. The number of hydrogen-bond acceptors (Lipinski definition) is 5. The van der Waals surface area contributed by atoms with Crippen LogP contribution in [0.15, 0.2) is 53.9 Å². The third kappa shape index (κ3) is 3.18. The van der Waals surface area contributed by atoms with Crippen molar-refractivity contribution in [1.82, 2.24) is 10.2 Å². The fourth-order valence-electron chi connectivity index (χ4n) is 4.19. The van der Waals surface area contributed by atoms with E-state index in [0.717, 1.165) is 61.0 Å². The lowest BCUT2D eigenvalue weighted by molar-refractivity contribution is -0.122. The Kier molecular flexibility index (Phi) is 4.56. The highest BCUT2D eigenvalue weighted by Gasteiger charge is 2.32. The van der Waals surface area contributed by atoms with E-state index < -0.39 is 0 Å². The Morgan fingerprint density at radius 1 is 0.964 bits per heavy atom. The number of piperidine rings is 1. The van der Waals surface area contributed by atoms with Gasteiger partial charge in [-0.15, -0.1) is 21.5 Å². The van der Waals surface area contributed by atoms with Gasteiger partial charge in [0.2, 0.25) is 5.91 Å². The minimum absolute atomic E-state index is 0.0979. The van der Waals surface area contributed by atoms with E-state index in [2.05, 4.69) is 39.4 Å². The van der Waals surface area contributed by atoms with Crippen molar-refractivity contribution < 1.29 is 4.79 Å². The number of anilines is 2. The van der Waals surface area contributed by atoms with E-state index >= 15 is 0 Å². The first-order valence-corrected chi connectivity index (χ1v) is 10.7. The van der Waals surface area contributed by atoms with E-state index in [1.807, 2.05) is 34.5 Å². The quantitative estimate of drug-likeness (QED) is 0.678. The normalized spacial score (nSPS) is 17.0. The van der Waals surface area contributed by atoms with Gasteiger partial charge in [-0.2, -0.15) is 0 Å². The summed E-state index contributed by atoms with van der Waals surface area (Å²) in [6.07, 6.45) is 2.70. The number of nitrogens with zero attached hydrogens (tertiary/aromatic N) is 4. The average Bonchev–Trinajstić information content (AvgIpc) is 3.44. The molecule has 3 aromatic rings. The standard InChI is InChI=1S/C22H22N4OS/c27-22(26-14-11-16-4-1-2-5-19(16)26)17-9-12-25(13-10-17)21-8-7-18(23-24-21)20-6-3-15-28-20/h1-8,15,17H,9-14H2. The van der Waals surface area contributed by atoms with E-state index in [1.165, 1.54) is 5.56 Å².